The van der Waals surface area contributed by atoms with Crippen LogP contribution in [0.25, 0.3) is 0 Å². The molecule has 0 atom stereocenters. The molecule has 1 N–H and O–H groups in total. The largest absolute Gasteiger partial charge is 0.488 e. The molecule has 2 aromatic rings. The minimum absolute atomic E-state index is 0.343. The second-order valence-electron chi connectivity index (χ2n) is 4.13. The zero-order chi connectivity index (χ0) is 13.1. The summed E-state index contributed by atoms with van der Waals surface area (Å²) in [4.78, 5) is 11.1. The molecule has 0 aliphatic carbocycles. The van der Waals surface area contributed by atoms with Crippen molar-refractivity contribution < 1.29 is 14.6 Å². The lowest BCUT2D eigenvalue weighted by Crippen LogP contribution is -1.98. The number of hydrogen-bond acceptors (Lipinski definition) is 3. The fraction of sp³-hybridized carbons (Fsp3) is 0.214. The van der Waals surface area contributed by atoms with E-state index < -0.39 is 5.97 Å². The summed E-state index contributed by atoms with van der Waals surface area (Å²) in [6.07, 6.45) is 0. The van der Waals surface area contributed by atoms with Crippen LogP contribution in [0.3, 0.4) is 0 Å². The summed E-state index contributed by atoms with van der Waals surface area (Å²) >= 11 is 1.22. The van der Waals surface area contributed by atoms with E-state index in [0.29, 0.717) is 11.5 Å². The van der Waals surface area contributed by atoms with Crippen molar-refractivity contribution in [2.24, 2.45) is 0 Å². The minimum Gasteiger partial charge on any atom is -0.488 e. The summed E-state index contributed by atoms with van der Waals surface area (Å²) in [5.41, 5.74) is 3.06. The third-order valence-electron chi connectivity index (χ3n) is 2.66. The summed E-state index contributed by atoms with van der Waals surface area (Å²) in [6, 6.07) is 7.64. The molecule has 0 bridgehead atoms. The van der Waals surface area contributed by atoms with E-state index >= 15 is 0 Å². The highest BCUT2D eigenvalue weighted by Crippen LogP contribution is 2.24. The van der Waals surface area contributed by atoms with Gasteiger partial charge in [0.2, 0.25) is 0 Å². The predicted molar refractivity (Wildman–Crippen MR) is 71.5 cm³/mol. The first kappa shape index (κ1) is 12.6. The molecule has 94 valence electrons. The number of ether oxygens (including phenoxy) is 1. The number of aromatic carboxylic acids is 1. The molecule has 0 amide bonds. The van der Waals surface area contributed by atoms with Gasteiger partial charge in [0.15, 0.2) is 0 Å². The predicted octanol–water partition coefficient (Wildman–Crippen LogP) is 3.64. The molecule has 0 radical (unpaired) electrons. The molecule has 0 aliphatic heterocycles. The zero-order valence-electron chi connectivity index (χ0n) is 10.3. The number of benzene rings is 1. The maximum Gasteiger partial charge on any atom is 0.345 e. The summed E-state index contributed by atoms with van der Waals surface area (Å²) in [6.45, 7) is 4.40. The molecule has 4 heteroatoms. The molecular weight excluding hydrogens is 248 g/mol. The average Bonchev–Trinajstić information content (AvgIpc) is 2.77. The minimum atomic E-state index is -0.890. The van der Waals surface area contributed by atoms with Gasteiger partial charge in [0.05, 0.1) is 0 Å². The van der Waals surface area contributed by atoms with Gasteiger partial charge < -0.3 is 9.84 Å². The van der Waals surface area contributed by atoms with Crippen molar-refractivity contribution in [1.82, 2.24) is 0 Å². The van der Waals surface area contributed by atoms with Crippen LogP contribution < -0.4 is 4.74 Å². The smallest absolute Gasteiger partial charge is 0.345 e. The Hall–Kier alpha value is -1.81. The number of carboxylic acid groups (broad SMARTS) is 1. The molecule has 0 aliphatic rings. The second-order valence-corrected chi connectivity index (χ2v) is 5.05. The van der Waals surface area contributed by atoms with Crippen molar-refractivity contribution in [1.29, 1.82) is 0 Å². The van der Waals surface area contributed by atoms with Crippen LogP contribution in [0.4, 0.5) is 0 Å². The van der Waals surface area contributed by atoms with Gasteiger partial charge in [-0.2, -0.15) is 0 Å². The van der Waals surface area contributed by atoms with Crippen LogP contribution in [-0.2, 0) is 6.61 Å². The first-order valence-electron chi connectivity index (χ1n) is 5.57. The van der Waals surface area contributed by atoms with Gasteiger partial charge in [0.1, 0.15) is 17.2 Å². The topological polar surface area (TPSA) is 46.5 Å². The van der Waals surface area contributed by atoms with Crippen molar-refractivity contribution >= 4 is 17.3 Å². The Labute approximate surface area is 110 Å². The monoisotopic (exact) mass is 262 g/mol. The normalized spacial score (nSPS) is 10.3. The van der Waals surface area contributed by atoms with Crippen LogP contribution in [0.15, 0.2) is 29.6 Å². The van der Waals surface area contributed by atoms with E-state index in [2.05, 4.69) is 0 Å². The first-order valence-corrected chi connectivity index (χ1v) is 6.45. The van der Waals surface area contributed by atoms with Gasteiger partial charge in [-0.05, 0) is 36.4 Å². The van der Waals surface area contributed by atoms with E-state index in [9.17, 15) is 4.79 Å². The lowest BCUT2D eigenvalue weighted by molar-refractivity contribution is 0.0702. The quantitative estimate of drug-likeness (QED) is 0.915. The Balaban J connectivity index is 2.09. The Morgan fingerprint density at radius 2 is 2.00 bits per heavy atom. The number of carboxylic acids is 1. The lowest BCUT2D eigenvalue weighted by Gasteiger charge is -2.10. The van der Waals surface area contributed by atoms with Crippen LogP contribution in [0.1, 0.15) is 26.4 Å². The zero-order valence-corrected chi connectivity index (χ0v) is 11.1. The highest BCUT2D eigenvalue weighted by Gasteiger charge is 2.08. The number of carbonyl (C=O) groups is 1. The number of thiophene rings is 1. The van der Waals surface area contributed by atoms with E-state index in [-0.39, 0.29) is 0 Å². The van der Waals surface area contributed by atoms with Gasteiger partial charge in [-0.15, -0.1) is 11.3 Å². The second kappa shape index (κ2) is 5.23. The number of aryl methyl sites for hydroxylation is 2. The van der Waals surface area contributed by atoms with Gasteiger partial charge in [-0.1, -0.05) is 18.2 Å². The molecule has 2 rings (SSSR count). The highest BCUT2D eigenvalue weighted by molar-refractivity contribution is 7.12. The van der Waals surface area contributed by atoms with Crippen molar-refractivity contribution in [2.75, 3.05) is 0 Å². The van der Waals surface area contributed by atoms with Crippen LogP contribution in [-0.4, -0.2) is 11.1 Å². The van der Waals surface area contributed by atoms with E-state index in [4.69, 9.17) is 9.84 Å². The summed E-state index contributed by atoms with van der Waals surface area (Å²) in [7, 11) is 0. The SMILES string of the molecule is Cc1cccc(C)c1OCc1csc(C(=O)O)c1. The van der Waals surface area contributed by atoms with E-state index in [0.717, 1.165) is 22.4 Å². The van der Waals surface area contributed by atoms with Crippen LogP contribution in [0, 0.1) is 13.8 Å². The van der Waals surface area contributed by atoms with Crippen molar-refractivity contribution in [2.45, 2.75) is 20.5 Å². The molecular formula is C14H14O3S. The molecule has 1 heterocycles. The van der Waals surface area contributed by atoms with E-state index in [1.807, 2.05) is 37.4 Å². The van der Waals surface area contributed by atoms with E-state index in [1.54, 1.807) is 6.07 Å². The third-order valence-corrected chi connectivity index (χ3v) is 3.62. The van der Waals surface area contributed by atoms with Crippen molar-refractivity contribution in [3.05, 3.63) is 51.2 Å². The third kappa shape index (κ3) is 2.71. The first-order chi connectivity index (χ1) is 8.58. The van der Waals surface area contributed by atoms with Gasteiger partial charge in [-0.3, -0.25) is 0 Å². The standard InChI is InChI=1S/C14H14O3S/c1-9-4-3-5-10(2)13(9)17-7-11-6-12(14(15)16)18-8-11/h3-6,8H,7H2,1-2H3,(H,15,16). The number of para-hydroxylation sites is 1. The summed E-state index contributed by atoms with van der Waals surface area (Å²) in [5, 5.41) is 10.7. The van der Waals surface area contributed by atoms with E-state index in [1.165, 1.54) is 11.3 Å². The molecule has 1 aromatic carbocycles. The Kier molecular flexibility index (Phi) is 3.67. The Morgan fingerprint density at radius 1 is 1.33 bits per heavy atom. The molecule has 1 aromatic heterocycles. The molecule has 18 heavy (non-hydrogen) atoms. The lowest BCUT2D eigenvalue weighted by atomic mass is 10.1. The van der Waals surface area contributed by atoms with Gasteiger partial charge >= 0.3 is 5.97 Å². The molecule has 0 spiro atoms. The van der Waals surface area contributed by atoms with Crippen LogP contribution in [0.2, 0.25) is 0 Å². The Morgan fingerprint density at radius 3 is 2.56 bits per heavy atom. The van der Waals surface area contributed by atoms with Crippen LogP contribution in [0.5, 0.6) is 5.75 Å². The Bertz CT molecular complexity index is 552. The number of rotatable bonds is 4. The fourth-order valence-electron chi connectivity index (χ4n) is 1.75. The van der Waals surface area contributed by atoms with Crippen molar-refractivity contribution in [3.8, 4) is 5.75 Å². The molecule has 0 unspecified atom stereocenters. The van der Waals surface area contributed by atoms with Gasteiger partial charge in [0, 0.05) is 5.56 Å². The maximum absolute atomic E-state index is 10.8. The molecule has 0 saturated heterocycles. The summed E-state index contributed by atoms with van der Waals surface area (Å²) in [5.74, 6) is -0.0149. The summed E-state index contributed by atoms with van der Waals surface area (Å²) < 4.78 is 5.76. The average molecular weight is 262 g/mol. The maximum atomic E-state index is 10.8. The van der Waals surface area contributed by atoms with Gasteiger partial charge in [-0.25, -0.2) is 4.79 Å². The fourth-order valence-corrected chi connectivity index (χ4v) is 2.48. The molecule has 3 nitrogen and oxygen atoms in total. The van der Waals surface area contributed by atoms with Crippen molar-refractivity contribution in [3.63, 3.8) is 0 Å². The molecule has 0 saturated carbocycles. The highest BCUT2D eigenvalue weighted by atomic mass is 32.1. The molecule has 0 fully saturated rings. The number of hydrogen-bond donors (Lipinski definition) is 1. The van der Waals surface area contributed by atoms with Crippen LogP contribution >= 0.6 is 11.3 Å². The van der Waals surface area contributed by atoms with Gasteiger partial charge in [0.25, 0.3) is 0 Å².